The number of nitrogens with zero attached hydrogens (tertiary/aromatic N) is 2. The maximum atomic E-state index is 13.2. The molecule has 26 heavy (non-hydrogen) atoms. The van der Waals surface area contributed by atoms with Crippen molar-refractivity contribution < 1.29 is 18.1 Å². The van der Waals surface area contributed by atoms with E-state index in [1.807, 2.05) is 12.1 Å². The first-order valence-electron chi connectivity index (χ1n) is 7.87. The summed E-state index contributed by atoms with van der Waals surface area (Å²) >= 11 is 1.53. The minimum absolute atomic E-state index is 0.0206. The van der Waals surface area contributed by atoms with Gasteiger partial charge >= 0.3 is 0 Å². The number of ether oxygens (including phenoxy) is 1. The standard InChI is InChI=1S/C17H18N2O5S2/c1-12-3-6-14(19(20)21)11-16(12)26(22,23)18-9-10-25-17(18)13-4-7-15(24-2)8-5-13/h3-8,11,17H,9-10H2,1-2H3. The third kappa shape index (κ3) is 3.42. The minimum Gasteiger partial charge on any atom is -0.497 e. The topological polar surface area (TPSA) is 89.8 Å². The average Bonchev–Trinajstić information content (AvgIpc) is 3.12. The SMILES string of the molecule is COc1ccc(C2SCCN2S(=O)(=O)c2cc([N+](=O)[O-])ccc2C)cc1. The lowest BCUT2D eigenvalue weighted by molar-refractivity contribution is -0.385. The fraction of sp³-hybridized carbons (Fsp3) is 0.294. The van der Waals surface area contributed by atoms with Crippen LogP contribution >= 0.6 is 11.8 Å². The first-order valence-corrected chi connectivity index (χ1v) is 10.4. The molecule has 3 rings (SSSR count). The van der Waals surface area contributed by atoms with Crippen molar-refractivity contribution >= 4 is 27.5 Å². The molecular formula is C17H18N2O5S2. The maximum absolute atomic E-state index is 13.2. The number of methoxy groups -OCH3 is 1. The molecule has 1 unspecified atom stereocenters. The molecule has 2 aromatic rings. The molecule has 9 heteroatoms. The Kier molecular flexibility index (Phi) is 5.22. The number of aryl methyl sites for hydroxylation is 1. The van der Waals surface area contributed by atoms with Crippen molar-refractivity contribution in [2.45, 2.75) is 17.2 Å². The number of nitro benzene ring substituents is 1. The molecule has 0 saturated carbocycles. The van der Waals surface area contributed by atoms with Gasteiger partial charge in [-0.3, -0.25) is 10.1 Å². The summed E-state index contributed by atoms with van der Waals surface area (Å²) in [5.74, 6) is 1.35. The number of non-ortho nitro benzene ring substituents is 1. The Labute approximate surface area is 156 Å². The molecule has 0 bridgehead atoms. The van der Waals surface area contributed by atoms with Crippen molar-refractivity contribution in [3.63, 3.8) is 0 Å². The molecule has 1 aliphatic heterocycles. The first kappa shape index (κ1) is 18.7. The Morgan fingerprint density at radius 3 is 2.54 bits per heavy atom. The quantitative estimate of drug-likeness (QED) is 0.571. The molecule has 2 aromatic carbocycles. The van der Waals surface area contributed by atoms with Crippen LogP contribution in [-0.4, -0.2) is 37.1 Å². The Balaban J connectivity index is 2.00. The highest BCUT2D eigenvalue weighted by Gasteiger charge is 2.38. The number of hydrogen-bond donors (Lipinski definition) is 0. The van der Waals surface area contributed by atoms with Crippen LogP contribution in [0.15, 0.2) is 47.4 Å². The van der Waals surface area contributed by atoms with Crippen LogP contribution in [0.5, 0.6) is 5.75 Å². The summed E-state index contributed by atoms with van der Waals surface area (Å²) in [5.41, 5.74) is 1.10. The molecular weight excluding hydrogens is 376 g/mol. The maximum Gasteiger partial charge on any atom is 0.270 e. The fourth-order valence-electron chi connectivity index (χ4n) is 2.84. The normalized spacial score (nSPS) is 18.0. The smallest absolute Gasteiger partial charge is 0.270 e. The molecule has 1 fully saturated rings. The predicted molar refractivity (Wildman–Crippen MR) is 99.9 cm³/mol. The molecule has 1 saturated heterocycles. The van der Waals surface area contributed by atoms with Crippen molar-refractivity contribution in [1.29, 1.82) is 0 Å². The van der Waals surface area contributed by atoms with Crippen LogP contribution in [0.2, 0.25) is 0 Å². The van der Waals surface area contributed by atoms with Crippen LogP contribution in [0.25, 0.3) is 0 Å². The van der Waals surface area contributed by atoms with Gasteiger partial charge in [-0.1, -0.05) is 18.2 Å². The van der Waals surface area contributed by atoms with Gasteiger partial charge in [0.05, 0.1) is 22.3 Å². The zero-order valence-corrected chi connectivity index (χ0v) is 15.9. The molecule has 7 nitrogen and oxygen atoms in total. The van der Waals surface area contributed by atoms with E-state index in [1.54, 1.807) is 26.2 Å². The number of sulfonamides is 1. The third-order valence-corrected chi connectivity index (χ3v) is 7.62. The Morgan fingerprint density at radius 1 is 1.23 bits per heavy atom. The molecule has 1 heterocycles. The van der Waals surface area contributed by atoms with Gasteiger partial charge in [0.1, 0.15) is 5.75 Å². The van der Waals surface area contributed by atoms with Crippen molar-refractivity contribution in [2.75, 3.05) is 19.4 Å². The first-order chi connectivity index (χ1) is 12.3. The van der Waals surface area contributed by atoms with Crippen LogP contribution in [0.4, 0.5) is 5.69 Å². The third-order valence-electron chi connectivity index (χ3n) is 4.22. The number of hydrogen-bond acceptors (Lipinski definition) is 6. The highest BCUT2D eigenvalue weighted by Crippen LogP contribution is 2.42. The van der Waals surface area contributed by atoms with Gasteiger partial charge in [0.15, 0.2) is 0 Å². The molecule has 1 atom stereocenters. The molecule has 0 spiro atoms. The van der Waals surface area contributed by atoms with Crippen molar-refractivity contribution in [3.8, 4) is 5.75 Å². The van der Waals surface area contributed by atoms with Crippen LogP contribution in [-0.2, 0) is 10.0 Å². The summed E-state index contributed by atoms with van der Waals surface area (Å²) in [4.78, 5) is 10.4. The van der Waals surface area contributed by atoms with Gasteiger partial charge in [-0.25, -0.2) is 8.42 Å². The van der Waals surface area contributed by atoms with Crippen LogP contribution in [0, 0.1) is 17.0 Å². The Morgan fingerprint density at radius 2 is 1.92 bits per heavy atom. The van der Waals surface area contributed by atoms with E-state index in [9.17, 15) is 18.5 Å². The molecule has 0 amide bonds. The molecule has 1 aliphatic rings. The van der Waals surface area contributed by atoms with E-state index in [-0.39, 0.29) is 16.0 Å². The summed E-state index contributed by atoms with van der Waals surface area (Å²) in [6, 6.07) is 11.2. The zero-order chi connectivity index (χ0) is 18.9. The highest BCUT2D eigenvalue weighted by atomic mass is 32.2. The van der Waals surface area contributed by atoms with E-state index in [0.29, 0.717) is 23.6 Å². The van der Waals surface area contributed by atoms with E-state index in [0.717, 1.165) is 11.6 Å². The van der Waals surface area contributed by atoms with Crippen molar-refractivity contribution in [1.82, 2.24) is 4.31 Å². The average molecular weight is 394 g/mol. The lowest BCUT2D eigenvalue weighted by Gasteiger charge is -2.24. The van der Waals surface area contributed by atoms with Gasteiger partial charge in [-0.05, 0) is 30.2 Å². The van der Waals surface area contributed by atoms with Gasteiger partial charge in [-0.15, -0.1) is 11.8 Å². The molecule has 138 valence electrons. The van der Waals surface area contributed by atoms with Crippen LogP contribution < -0.4 is 4.74 Å². The van der Waals surface area contributed by atoms with E-state index >= 15 is 0 Å². The second kappa shape index (κ2) is 7.26. The number of benzene rings is 2. The fourth-order valence-corrected chi connectivity index (χ4v) is 6.33. The second-order valence-corrected chi connectivity index (χ2v) is 8.87. The summed E-state index contributed by atoms with van der Waals surface area (Å²) in [6.45, 7) is 1.99. The Bertz CT molecular complexity index is 929. The predicted octanol–water partition coefficient (Wildman–Crippen LogP) is 3.35. The number of rotatable bonds is 5. The number of nitro groups is 1. The molecule has 0 N–H and O–H groups in total. The molecule has 0 aliphatic carbocycles. The zero-order valence-electron chi connectivity index (χ0n) is 14.3. The summed E-state index contributed by atoms with van der Waals surface area (Å²) in [7, 11) is -2.29. The molecule has 0 aromatic heterocycles. The second-order valence-electron chi connectivity index (χ2n) is 5.82. The largest absolute Gasteiger partial charge is 0.497 e. The van der Waals surface area contributed by atoms with E-state index in [2.05, 4.69) is 0 Å². The minimum atomic E-state index is -3.86. The lowest BCUT2D eigenvalue weighted by Crippen LogP contribution is -2.31. The number of thioether (sulfide) groups is 1. The lowest BCUT2D eigenvalue weighted by atomic mass is 10.2. The van der Waals surface area contributed by atoms with Gasteiger partial charge in [0.25, 0.3) is 5.69 Å². The van der Waals surface area contributed by atoms with E-state index in [1.165, 1.54) is 28.2 Å². The van der Waals surface area contributed by atoms with Gasteiger partial charge in [-0.2, -0.15) is 4.31 Å². The van der Waals surface area contributed by atoms with Crippen LogP contribution in [0.3, 0.4) is 0 Å². The summed E-state index contributed by atoms with van der Waals surface area (Å²) in [6.07, 6.45) is 0. The highest BCUT2D eigenvalue weighted by molar-refractivity contribution is 8.01. The summed E-state index contributed by atoms with van der Waals surface area (Å²) < 4.78 is 33.0. The Hall–Kier alpha value is -2.10. The van der Waals surface area contributed by atoms with E-state index < -0.39 is 14.9 Å². The van der Waals surface area contributed by atoms with Crippen LogP contribution in [0.1, 0.15) is 16.5 Å². The molecule has 0 radical (unpaired) electrons. The van der Waals surface area contributed by atoms with Gasteiger partial charge in [0.2, 0.25) is 10.0 Å². The van der Waals surface area contributed by atoms with Crippen molar-refractivity contribution in [2.24, 2.45) is 0 Å². The van der Waals surface area contributed by atoms with Gasteiger partial charge < -0.3 is 4.74 Å². The van der Waals surface area contributed by atoms with Gasteiger partial charge in [0, 0.05) is 24.4 Å². The summed E-state index contributed by atoms with van der Waals surface area (Å²) in [5, 5.41) is 10.7. The van der Waals surface area contributed by atoms with E-state index in [4.69, 9.17) is 4.74 Å². The van der Waals surface area contributed by atoms with Crippen molar-refractivity contribution in [3.05, 3.63) is 63.7 Å². The monoisotopic (exact) mass is 394 g/mol.